The fourth-order valence-electron chi connectivity index (χ4n) is 2.57. The molecule has 1 aliphatic rings. The molecule has 2 rings (SSSR count). The summed E-state index contributed by atoms with van der Waals surface area (Å²) in [5, 5.41) is 3.52. The average molecular weight is 296 g/mol. The zero-order valence-corrected chi connectivity index (χ0v) is 12.8. The van der Waals surface area contributed by atoms with Crippen LogP contribution in [0.25, 0.3) is 0 Å². The molecule has 0 aliphatic carbocycles. The normalized spacial score (nSPS) is 19.5. The average Bonchev–Trinajstić information content (AvgIpc) is 2.85. The van der Waals surface area contributed by atoms with Crippen LogP contribution < -0.4 is 11.1 Å². The summed E-state index contributed by atoms with van der Waals surface area (Å²) in [5.74, 6) is 0.400. The molecule has 1 aromatic carbocycles. The topological polar surface area (TPSA) is 58.4 Å². The molecule has 1 aliphatic heterocycles. The molecule has 1 heterocycles. The lowest BCUT2D eigenvalue weighted by atomic mass is 10.1. The van der Waals surface area contributed by atoms with Gasteiger partial charge >= 0.3 is 0 Å². The number of amides is 1. The van der Waals surface area contributed by atoms with Gasteiger partial charge in [0.25, 0.3) is 5.91 Å². The van der Waals surface area contributed by atoms with Gasteiger partial charge in [-0.25, -0.2) is 0 Å². The number of rotatable bonds is 4. The Morgan fingerprint density at radius 2 is 2.30 bits per heavy atom. The molecular formula is C15H22ClN3O. The molecule has 5 heteroatoms. The molecule has 1 atom stereocenters. The molecular weight excluding hydrogens is 274 g/mol. The zero-order chi connectivity index (χ0) is 14.7. The van der Waals surface area contributed by atoms with Crippen molar-refractivity contribution in [2.75, 3.05) is 25.4 Å². The van der Waals surface area contributed by atoms with Crippen LogP contribution in [0.1, 0.15) is 30.6 Å². The van der Waals surface area contributed by atoms with E-state index in [1.165, 1.54) is 0 Å². The van der Waals surface area contributed by atoms with Gasteiger partial charge in [-0.1, -0.05) is 11.6 Å². The number of nitrogens with two attached hydrogens (primary N) is 1. The standard InChI is InChI=1S/C15H22ClN3O/c1-10(2)19-6-5-11(9-19)8-18-15(20)13-4-3-12(16)7-14(13)17/h3-4,7,10-11H,5-6,8-9,17H2,1-2H3,(H,18,20). The van der Waals surface area contributed by atoms with Crippen molar-refractivity contribution in [3.8, 4) is 0 Å². The number of nitrogens with zero attached hydrogens (tertiary/aromatic N) is 1. The molecule has 0 bridgehead atoms. The second kappa shape index (κ2) is 6.46. The molecule has 0 spiro atoms. The number of carbonyl (C=O) groups excluding carboxylic acids is 1. The van der Waals surface area contributed by atoms with Crippen LogP contribution in [-0.2, 0) is 0 Å². The third-order valence-electron chi connectivity index (χ3n) is 3.86. The molecule has 0 aromatic heterocycles. The molecule has 110 valence electrons. The Balaban J connectivity index is 1.87. The largest absolute Gasteiger partial charge is 0.398 e. The van der Waals surface area contributed by atoms with Crippen LogP contribution in [0.3, 0.4) is 0 Å². The summed E-state index contributed by atoms with van der Waals surface area (Å²) in [6.45, 7) is 7.27. The summed E-state index contributed by atoms with van der Waals surface area (Å²) in [6.07, 6.45) is 1.13. The first-order valence-corrected chi connectivity index (χ1v) is 7.42. The van der Waals surface area contributed by atoms with Crippen molar-refractivity contribution < 1.29 is 4.79 Å². The predicted molar refractivity (Wildman–Crippen MR) is 83.0 cm³/mol. The highest BCUT2D eigenvalue weighted by molar-refractivity contribution is 6.31. The first-order valence-electron chi connectivity index (χ1n) is 7.04. The number of carbonyl (C=O) groups is 1. The van der Waals surface area contributed by atoms with Gasteiger partial charge < -0.3 is 16.0 Å². The van der Waals surface area contributed by atoms with Crippen LogP contribution in [0.2, 0.25) is 5.02 Å². The molecule has 1 fully saturated rings. The van der Waals surface area contributed by atoms with Crippen LogP contribution in [0.15, 0.2) is 18.2 Å². The number of nitrogens with one attached hydrogen (secondary N) is 1. The second-order valence-electron chi connectivity index (χ2n) is 5.68. The fraction of sp³-hybridized carbons (Fsp3) is 0.533. The summed E-state index contributed by atoms with van der Waals surface area (Å²) >= 11 is 5.83. The van der Waals surface area contributed by atoms with Crippen LogP contribution in [0, 0.1) is 5.92 Å². The number of benzene rings is 1. The summed E-state index contributed by atoms with van der Waals surface area (Å²) in [4.78, 5) is 14.5. The molecule has 1 unspecified atom stereocenters. The van der Waals surface area contributed by atoms with E-state index in [4.69, 9.17) is 17.3 Å². The van der Waals surface area contributed by atoms with Crippen LogP contribution in [0.4, 0.5) is 5.69 Å². The smallest absolute Gasteiger partial charge is 0.253 e. The van der Waals surface area contributed by atoms with Crippen molar-refractivity contribution in [1.29, 1.82) is 0 Å². The highest BCUT2D eigenvalue weighted by Crippen LogP contribution is 2.19. The van der Waals surface area contributed by atoms with Crippen molar-refractivity contribution >= 4 is 23.2 Å². The van der Waals surface area contributed by atoms with Crippen LogP contribution in [-0.4, -0.2) is 36.5 Å². The van der Waals surface area contributed by atoms with Gasteiger partial charge in [-0.3, -0.25) is 4.79 Å². The van der Waals surface area contributed by atoms with E-state index in [0.717, 1.165) is 19.5 Å². The number of halogens is 1. The summed E-state index contributed by atoms with van der Waals surface area (Å²) < 4.78 is 0. The van der Waals surface area contributed by atoms with E-state index in [1.807, 2.05) is 0 Å². The SMILES string of the molecule is CC(C)N1CCC(CNC(=O)c2ccc(Cl)cc2N)C1. The lowest BCUT2D eigenvalue weighted by Crippen LogP contribution is -2.33. The predicted octanol–water partition coefficient (Wildman–Crippen LogP) is 2.38. The molecule has 0 saturated carbocycles. The van der Waals surface area contributed by atoms with E-state index in [0.29, 0.717) is 34.8 Å². The highest BCUT2D eigenvalue weighted by atomic mass is 35.5. The van der Waals surface area contributed by atoms with E-state index in [9.17, 15) is 4.79 Å². The molecule has 1 aromatic rings. The number of nitrogen functional groups attached to an aromatic ring is 1. The van der Waals surface area contributed by atoms with Crippen LogP contribution in [0.5, 0.6) is 0 Å². The molecule has 20 heavy (non-hydrogen) atoms. The van der Waals surface area contributed by atoms with Gasteiger partial charge in [0.2, 0.25) is 0 Å². The van der Waals surface area contributed by atoms with Crippen molar-refractivity contribution in [3.63, 3.8) is 0 Å². The Labute approximate surface area is 125 Å². The molecule has 0 radical (unpaired) electrons. The summed E-state index contributed by atoms with van der Waals surface area (Å²) in [7, 11) is 0. The van der Waals surface area contributed by atoms with Crippen molar-refractivity contribution in [2.45, 2.75) is 26.3 Å². The third-order valence-corrected chi connectivity index (χ3v) is 4.09. The maximum absolute atomic E-state index is 12.1. The Bertz CT molecular complexity index is 490. The third kappa shape index (κ3) is 3.64. The van der Waals surface area contributed by atoms with Gasteiger partial charge in [0, 0.05) is 29.8 Å². The van der Waals surface area contributed by atoms with Crippen molar-refractivity contribution in [3.05, 3.63) is 28.8 Å². The Kier molecular flexibility index (Phi) is 4.89. The summed E-state index contributed by atoms with van der Waals surface area (Å²) in [6, 6.07) is 5.53. The maximum Gasteiger partial charge on any atom is 0.253 e. The zero-order valence-electron chi connectivity index (χ0n) is 12.0. The van der Waals surface area contributed by atoms with Crippen molar-refractivity contribution in [2.24, 2.45) is 5.92 Å². The Hall–Kier alpha value is -1.26. The number of likely N-dealkylation sites (tertiary alicyclic amines) is 1. The van der Waals surface area contributed by atoms with Gasteiger partial charge in [-0.15, -0.1) is 0 Å². The fourth-order valence-corrected chi connectivity index (χ4v) is 2.75. The maximum atomic E-state index is 12.1. The quantitative estimate of drug-likeness (QED) is 0.839. The lowest BCUT2D eigenvalue weighted by Gasteiger charge is -2.20. The van der Waals surface area contributed by atoms with Gasteiger partial charge in [0.1, 0.15) is 0 Å². The second-order valence-corrected chi connectivity index (χ2v) is 6.12. The lowest BCUT2D eigenvalue weighted by molar-refractivity contribution is 0.0948. The number of hydrogen-bond acceptors (Lipinski definition) is 3. The highest BCUT2D eigenvalue weighted by Gasteiger charge is 2.24. The number of anilines is 1. The van der Waals surface area contributed by atoms with E-state index in [1.54, 1.807) is 18.2 Å². The minimum Gasteiger partial charge on any atom is -0.398 e. The van der Waals surface area contributed by atoms with E-state index in [2.05, 4.69) is 24.1 Å². The summed E-state index contributed by atoms with van der Waals surface area (Å²) in [5.41, 5.74) is 6.73. The van der Waals surface area contributed by atoms with Gasteiger partial charge in [-0.2, -0.15) is 0 Å². The van der Waals surface area contributed by atoms with E-state index in [-0.39, 0.29) is 5.91 Å². The molecule has 4 nitrogen and oxygen atoms in total. The van der Waals surface area contributed by atoms with Gasteiger partial charge in [0.05, 0.1) is 5.56 Å². The molecule has 3 N–H and O–H groups in total. The van der Waals surface area contributed by atoms with Gasteiger partial charge in [0.15, 0.2) is 0 Å². The monoisotopic (exact) mass is 295 g/mol. The van der Waals surface area contributed by atoms with Crippen molar-refractivity contribution in [1.82, 2.24) is 10.2 Å². The van der Waals surface area contributed by atoms with Crippen LogP contribution >= 0.6 is 11.6 Å². The Morgan fingerprint density at radius 3 is 2.90 bits per heavy atom. The van der Waals surface area contributed by atoms with E-state index < -0.39 is 0 Å². The number of hydrogen-bond donors (Lipinski definition) is 2. The molecule has 1 amide bonds. The van der Waals surface area contributed by atoms with E-state index >= 15 is 0 Å². The minimum absolute atomic E-state index is 0.123. The van der Waals surface area contributed by atoms with Gasteiger partial charge in [-0.05, 0) is 50.9 Å². The minimum atomic E-state index is -0.123. The Morgan fingerprint density at radius 1 is 1.55 bits per heavy atom. The molecule has 1 saturated heterocycles. The first kappa shape index (κ1) is 15.1. The first-order chi connectivity index (χ1) is 9.47.